The Morgan fingerprint density at radius 3 is 2.64 bits per heavy atom. The van der Waals surface area contributed by atoms with E-state index in [1.807, 2.05) is 48.2 Å². The van der Waals surface area contributed by atoms with Crippen LogP contribution in [-0.2, 0) is 13.0 Å². The normalized spacial score (nSPS) is 13.8. The lowest BCUT2D eigenvalue weighted by molar-refractivity contribution is 0.0735. The lowest BCUT2D eigenvalue weighted by Gasteiger charge is -2.29. The van der Waals surface area contributed by atoms with E-state index in [4.69, 9.17) is 0 Å². The maximum absolute atomic E-state index is 12.7. The van der Waals surface area contributed by atoms with Crippen LogP contribution in [0.3, 0.4) is 0 Å². The van der Waals surface area contributed by atoms with E-state index in [0.717, 1.165) is 32.9 Å². The zero-order valence-electron chi connectivity index (χ0n) is 13.8. The Labute approximate surface area is 153 Å². The van der Waals surface area contributed by atoms with Crippen molar-refractivity contribution in [3.63, 3.8) is 0 Å². The third kappa shape index (κ3) is 3.00. The molecule has 4 nitrogen and oxygen atoms in total. The van der Waals surface area contributed by atoms with Crippen LogP contribution in [0.5, 0.6) is 0 Å². The summed E-state index contributed by atoms with van der Waals surface area (Å²) in [6.07, 6.45) is 0.825. The molecule has 3 aromatic rings. The second-order valence-electron chi connectivity index (χ2n) is 6.47. The minimum Gasteiger partial charge on any atom is -0.334 e. The molecule has 25 heavy (non-hydrogen) atoms. The molecule has 0 unspecified atom stereocenters. The van der Waals surface area contributed by atoms with Gasteiger partial charge in [0.25, 0.3) is 11.5 Å². The maximum atomic E-state index is 12.7. The molecule has 4 rings (SSSR count). The molecule has 0 saturated heterocycles. The van der Waals surface area contributed by atoms with Gasteiger partial charge in [-0.3, -0.25) is 9.59 Å². The molecule has 1 amide bonds. The molecule has 0 fully saturated rings. The van der Waals surface area contributed by atoms with Crippen molar-refractivity contribution in [3.05, 3.63) is 79.5 Å². The first-order valence-corrected chi connectivity index (χ1v) is 9.01. The molecule has 126 valence electrons. The number of carbonyl (C=O) groups is 1. The first-order valence-electron chi connectivity index (χ1n) is 8.21. The number of carbonyl (C=O) groups excluding carboxylic acids is 1. The number of fused-ring (bicyclic) bond motifs is 2. The highest BCUT2D eigenvalue weighted by Crippen LogP contribution is 2.25. The highest BCUT2D eigenvalue weighted by molar-refractivity contribution is 9.10. The summed E-state index contributed by atoms with van der Waals surface area (Å²) in [5.74, 6) is 0.0376. The fourth-order valence-electron chi connectivity index (χ4n) is 3.32. The molecule has 1 aromatic heterocycles. The van der Waals surface area contributed by atoms with Gasteiger partial charge in [0.2, 0.25) is 0 Å². The highest BCUT2D eigenvalue weighted by atomic mass is 79.9. The Kier molecular flexibility index (Phi) is 3.96. The number of benzene rings is 2. The SMILES string of the molecule is Cc1cc2cc3c(cc2[nH]c1=O)CN(C(=O)c1ccc(Br)cc1)CC3. The van der Waals surface area contributed by atoms with E-state index in [-0.39, 0.29) is 11.5 Å². The molecule has 1 aliphatic heterocycles. The van der Waals surface area contributed by atoms with Gasteiger partial charge in [0.05, 0.1) is 0 Å². The summed E-state index contributed by atoms with van der Waals surface area (Å²) in [6, 6.07) is 13.5. The predicted octanol–water partition coefficient (Wildman–Crippen LogP) is 3.80. The standard InChI is InChI=1S/C20H17BrN2O2/c1-12-8-15-9-14-6-7-23(11-16(14)10-18(15)22-19(12)24)20(25)13-2-4-17(21)5-3-13/h2-5,8-10H,6-7,11H2,1H3,(H,22,24). The number of halogens is 1. The van der Waals surface area contributed by atoms with Crippen LogP contribution in [-0.4, -0.2) is 22.3 Å². The van der Waals surface area contributed by atoms with Crippen molar-refractivity contribution in [1.29, 1.82) is 0 Å². The summed E-state index contributed by atoms with van der Waals surface area (Å²) in [5.41, 5.74) is 4.52. The van der Waals surface area contributed by atoms with E-state index in [2.05, 4.69) is 27.0 Å². The number of rotatable bonds is 1. The molecule has 2 aromatic carbocycles. The monoisotopic (exact) mass is 396 g/mol. The molecular formula is C20H17BrN2O2. The van der Waals surface area contributed by atoms with Crippen LogP contribution < -0.4 is 5.56 Å². The lowest BCUT2D eigenvalue weighted by Crippen LogP contribution is -2.36. The molecule has 1 aliphatic rings. The molecule has 0 bridgehead atoms. The van der Waals surface area contributed by atoms with Crippen molar-refractivity contribution in [2.45, 2.75) is 19.9 Å². The van der Waals surface area contributed by atoms with Crippen molar-refractivity contribution in [3.8, 4) is 0 Å². The van der Waals surface area contributed by atoms with E-state index in [9.17, 15) is 9.59 Å². The molecule has 2 heterocycles. The topological polar surface area (TPSA) is 53.2 Å². The molecule has 0 saturated carbocycles. The zero-order chi connectivity index (χ0) is 17.6. The van der Waals surface area contributed by atoms with Crippen LogP contribution in [0.4, 0.5) is 0 Å². The molecule has 5 heteroatoms. The summed E-state index contributed by atoms with van der Waals surface area (Å²) in [5, 5.41) is 1.04. The molecule has 0 spiro atoms. The number of aromatic nitrogens is 1. The van der Waals surface area contributed by atoms with Crippen LogP contribution in [0.2, 0.25) is 0 Å². The third-order valence-electron chi connectivity index (χ3n) is 4.74. The number of amides is 1. The lowest BCUT2D eigenvalue weighted by atomic mass is 9.96. The minimum atomic E-state index is -0.0638. The van der Waals surface area contributed by atoms with Crippen molar-refractivity contribution < 1.29 is 4.79 Å². The Hall–Kier alpha value is -2.40. The van der Waals surface area contributed by atoms with Gasteiger partial charge in [-0.1, -0.05) is 15.9 Å². The van der Waals surface area contributed by atoms with Crippen LogP contribution in [0.1, 0.15) is 27.0 Å². The van der Waals surface area contributed by atoms with E-state index in [0.29, 0.717) is 18.7 Å². The maximum Gasteiger partial charge on any atom is 0.254 e. The number of aryl methyl sites for hydroxylation is 1. The van der Waals surface area contributed by atoms with Crippen LogP contribution >= 0.6 is 15.9 Å². The number of aromatic amines is 1. The second-order valence-corrected chi connectivity index (χ2v) is 7.39. The van der Waals surface area contributed by atoms with Gasteiger partial charge in [0.1, 0.15) is 0 Å². The first kappa shape index (κ1) is 16.1. The fraction of sp³-hybridized carbons (Fsp3) is 0.200. The van der Waals surface area contributed by atoms with E-state index in [1.165, 1.54) is 5.56 Å². The molecule has 0 radical (unpaired) electrons. The molecule has 0 atom stereocenters. The number of H-pyrrole nitrogens is 1. The highest BCUT2D eigenvalue weighted by Gasteiger charge is 2.22. The number of nitrogens with one attached hydrogen (secondary N) is 1. The Morgan fingerprint density at radius 1 is 1.12 bits per heavy atom. The summed E-state index contributed by atoms with van der Waals surface area (Å²) in [4.78, 5) is 29.4. The van der Waals surface area contributed by atoms with Crippen molar-refractivity contribution in [2.24, 2.45) is 0 Å². The van der Waals surface area contributed by atoms with Gasteiger partial charge in [0.15, 0.2) is 0 Å². The Morgan fingerprint density at radius 2 is 1.88 bits per heavy atom. The Balaban J connectivity index is 1.67. The van der Waals surface area contributed by atoms with E-state index >= 15 is 0 Å². The average Bonchev–Trinajstić information content (AvgIpc) is 2.61. The predicted molar refractivity (Wildman–Crippen MR) is 102 cm³/mol. The van der Waals surface area contributed by atoms with Crippen LogP contribution in [0.25, 0.3) is 10.9 Å². The summed E-state index contributed by atoms with van der Waals surface area (Å²) in [7, 11) is 0. The zero-order valence-corrected chi connectivity index (χ0v) is 15.4. The Bertz CT molecular complexity index is 1040. The number of hydrogen-bond donors (Lipinski definition) is 1. The largest absolute Gasteiger partial charge is 0.334 e. The van der Waals surface area contributed by atoms with Crippen molar-refractivity contribution in [2.75, 3.05) is 6.54 Å². The van der Waals surface area contributed by atoms with Crippen LogP contribution in [0, 0.1) is 6.92 Å². The van der Waals surface area contributed by atoms with Gasteiger partial charge in [-0.2, -0.15) is 0 Å². The number of pyridine rings is 1. The second kappa shape index (κ2) is 6.15. The molecule has 1 N–H and O–H groups in total. The molecule has 0 aliphatic carbocycles. The van der Waals surface area contributed by atoms with Crippen molar-refractivity contribution >= 4 is 32.7 Å². The van der Waals surface area contributed by atoms with Gasteiger partial charge < -0.3 is 9.88 Å². The number of hydrogen-bond acceptors (Lipinski definition) is 2. The van der Waals surface area contributed by atoms with Gasteiger partial charge >= 0.3 is 0 Å². The van der Waals surface area contributed by atoms with Crippen molar-refractivity contribution in [1.82, 2.24) is 9.88 Å². The van der Waals surface area contributed by atoms with Crippen LogP contribution in [0.15, 0.2) is 51.7 Å². The minimum absolute atomic E-state index is 0.0376. The summed E-state index contributed by atoms with van der Waals surface area (Å²) in [6.45, 7) is 3.09. The van der Waals surface area contributed by atoms with Gasteiger partial charge in [-0.05, 0) is 72.3 Å². The third-order valence-corrected chi connectivity index (χ3v) is 5.27. The number of nitrogens with zero attached hydrogens (tertiary/aromatic N) is 1. The van der Waals surface area contributed by atoms with Gasteiger partial charge in [0, 0.05) is 34.2 Å². The van der Waals surface area contributed by atoms with E-state index < -0.39 is 0 Å². The van der Waals surface area contributed by atoms with E-state index in [1.54, 1.807) is 0 Å². The summed E-state index contributed by atoms with van der Waals surface area (Å²) >= 11 is 3.39. The smallest absolute Gasteiger partial charge is 0.254 e. The first-order chi connectivity index (χ1) is 12.0. The van der Waals surface area contributed by atoms with Gasteiger partial charge in [-0.25, -0.2) is 0 Å². The molecular weight excluding hydrogens is 380 g/mol. The summed E-state index contributed by atoms with van der Waals surface area (Å²) < 4.78 is 0.957. The van der Waals surface area contributed by atoms with Gasteiger partial charge in [-0.15, -0.1) is 0 Å². The average molecular weight is 397 g/mol. The fourth-order valence-corrected chi connectivity index (χ4v) is 3.59. The quantitative estimate of drug-likeness (QED) is 0.679.